The van der Waals surface area contributed by atoms with Gasteiger partial charge in [-0.3, -0.25) is 14.9 Å². The van der Waals surface area contributed by atoms with Crippen LogP contribution >= 0.6 is 0 Å². The van der Waals surface area contributed by atoms with E-state index in [4.69, 9.17) is 4.74 Å². The van der Waals surface area contributed by atoms with Crippen LogP contribution < -0.4 is 15.4 Å². The van der Waals surface area contributed by atoms with Crippen molar-refractivity contribution in [2.24, 2.45) is 0 Å². The highest BCUT2D eigenvalue weighted by atomic mass is 16.6. The van der Waals surface area contributed by atoms with Gasteiger partial charge in [-0.1, -0.05) is 55.5 Å². The summed E-state index contributed by atoms with van der Waals surface area (Å²) >= 11 is 0. The van der Waals surface area contributed by atoms with Crippen LogP contribution in [0.15, 0.2) is 72.8 Å². The summed E-state index contributed by atoms with van der Waals surface area (Å²) in [4.78, 5) is 23.9. The van der Waals surface area contributed by atoms with Crippen LogP contribution in [0.2, 0.25) is 0 Å². The maximum absolute atomic E-state index is 12.8. The van der Waals surface area contributed by atoms with Crippen molar-refractivity contribution < 1.29 is 14.5 Å². The summed E-state index contributed by atoms with van der Waals surface area (Å²) in [7, 11) is 1.58. The zero-order valence-electron chi connectivity index (χ0n) is 17.5. The summed E-state index contributed by atoms with van der Waals surface area (Å²) in [6.45, 7) is 2.33. The van der Waals surface area contributed by atoms with Gasteiger partial charge in [-0.05, 0) is 30.2 Å². The second-order valence-corrected chi connectivity index (χ2v) is 7.00. The number of carbonyl (C=O) groups excluding carboxylic acids is 1. The lowest BCUT2D eigenvalue weighted by atomic mass is 10.0. The molecule has 7 nitrogen and oxygen atoms in total. The number of nitrogens with one attached hydrogen (secondary N) is 2. The zero-order chi connectivity index (χ0) is 22.2. The van der Waals surface area contributed by atoms with E-state index in [2.05, 4.69) is 10.6 Å². The number of para-hydroxylation sites is 1. The number of rotatable bonds is 9. The van der Waals surface area contributed by atoms with E-state index in [9.17, 15) is 14.9 Å². The highest BCUT2D eigenvalue weighted by Crippen LogP contribution is 2.28. The van der Waals surface area contributed by atoms with Crippen LogP contribution in [0.4, 0.5) is 11.4 Å². The van der Waals surface area contributed by atoms with Gasteiger partial charge >= 0.3 is 0 Å². The molecule has 0 fully saturated rings. The lowest BCUT2D eigenvalue weighted by Crippen LogP contribution is -2.28. The molecule has 7 heteroatoms. The van der Waals surface area contributed by atoms with Gasteiger partial charge in [0, 0.05) is 23.7 Å². The molecule has 0 saturated carbocycles. The molecule has 0 radical (unpaired) electrons. The van der Waals surface area contributed by atoms with Crippen molar-refractivity contribution in [2.45, 2.75) is 25.9 Å². The number of hydrogen-bond acceptors (Lipinski definition) is 5. The molecular weight excluding hydrogens is 394 g/mol. The van der Waals surface area contributed by atoms with E-state index >= 15 is 0 Å². The van der Waals surface area contributed by atoms with E-state index < -0.39 is 4.92 Å². The Balaban J connectivity index is 1.78. The molecule has 1 unspecified atom stereocenters. The van der Waals surface area contributed by atoms with E-state index in [1.807, 2.05) is 61.5 Å². The number of carbonyl (C=O) groups is 1. The average molecular weight is 419 g/mol. The van der Waals surface area contributed by atoms with Gasteiger partial charge in [0.1, 0.15) is 11.4 Å². The number of methoxy groups -OCH3 is 1. The van der Waals surface area contributed by atoms with Crippen molar-refractivity contribution in [1.82, 2.24) is 5.32 Å². The lowest BCUT2D eigenvalue weighted by Gasteiger charge is -2.17. The molecule has 31 heavy (non-hydrogen) atoms. The Labute approximate surface area is 181 Å². The van der Waals surface area contributed by atoms with Gasteiger partial charge in [0.25, 0.3) is 11.6 Å². The molecule has 1 atom stereocenters. The van der Waals surface area contributed by atoms with E-state index in [1.165, 1.54) is 6.07 Å². The normalized spacial score (nSPS) is 11.4. The Morgan fingerprint density at radius 2 is 1.77 bits per heavy atom. The Hall–Kier alpha value is -3.87. The first-order valence-electron chi connectivity index (χ1n) is 10.0. The van der Waals surface area contributed by atoms with Crippen molar-refractivity contribution in [2.75, 3.05) is 12.4 Å². The standard InChI is InChI=1S/C24H25N3O4/c1-3-20(17-9-5-4-6-10-17)26-24(28)18-13-14-21(22(15-18)27(29)30)25-16-19-11-7-8-12-23(19)31-2/h4-15,20,25H,3,16H2,1-2H3,(H,26,28). The third-order valence-electron chi connectivity index (χ3n) is 5.03. The molecule has 0 aliphatic heterocycles. The van der Waals surface area contributed by atoms with Crippen molar-refractivity contribution in [3.8, 4) is 5.75 Å². The van der Waals surface area contributed by atoms with Crippen LogP contribution in [-0.4, -0.2) is 17.9 Å². The quantitative estimate of drug-likeness (QED) is 0.372. The van der Waals surface area contributed by atoms with Crippen LogP contribution in [0.5, 0.6) is 5.75 Å². The highest BCUT2D eigenvalue weighted by molar-refractivity contribution is 5.96. The van der Waals surface area contributed by atoms with Gasteiger partial charge in [0.2, 0.25) is 0 Å². The minimum atomic E-state index is -0.490. The number of ether oxygens (including phenoxy) is 1. The largest absolute Gasteiger partial charge is 0.496 e. The fourth-order valence-corrected chi connectivity index (χ4v) is 3.36. The van der Waals surface area contributed by atoms with Gasteiger partial charge in [-0.15, -0.1) is 0 Å². The first-order chi connectivity index (χ1) is 15.0. The van der Waals surface area contributed by atoms with Gasteiger partial charge in [0.05, 0.1) is 18.1 Å². The predicted molar refractivity (Wildman–Crippen MR) is 120 cm³/mol. The van der Waals surface area contributed by atoms with E-state index in [-0.39, 0.29) is 23.2 Å². The highest BCUT2D eigenvalue weighted by Gasteiger charge is 2.20. The van der Waals surface area contributed by atoms with Crippen LogP contribution in [0.3, 0.4) is 0 Å². The fraction of sp³-hybridized carbons (Fsp3) is 0.208. The monoisotopic (exact) mass is 419 g/mol. The van der Waals surface area contributed by atoms with Gasteiger partial charge in [0.15, 0.2) is 0 Å². The number of anilines is 1. The molecule has 3 aromatic carbocycles. The van der Waals surface area contributed by atoms with Crippen molar-refractivity contribution >= 4 is 17.3 Å². The summed E-state index contributed by atoms with van der Waals surface area (Å²) < 4.78 is 5.32. The molecule has 0 heterocycles. The molecular formula is C24H25N3O4. The lowest BCUT2D eigenvalue weighted by molar-refractivity contribution is -0.384. The summed E-state index contributed by atoms with van der Waals surface area (Å²) in [5, 5.41) is 17.7. The van der Waals surface area contributed by atoms with Gasteiger partial charge < -0.3 is 15.4 Å². The summed E-state index contributed by atoms with van der Waals surface area (Å²) in [6.07, 6.45) is 0.705. The Morgan fingerprint density at radius 3 is 2.45 bits per heavy atom. The van der Waals surface area contributed by atoms with Gasteiger partial charge in [-0.25, -0.2) is 0 Å². The molecule has 3 aromatic rings. The molecule has 0 aromatic heterocycles. The fourth-order valence-electron chi connectivity index (χ4n) is 3.36. The number of nitro groups is 1. The number of amides is 1. The molecule has 3 rings (SSSR count). The average Bonchev–Trinajstić information content (AvgIpc) is 2.81. The molecule has 0 aliphatic rings. The smallest absolute Gasteiger partial charge is 0.293 e. The van der Waals surface area contributed by atoms with E-state index in [0.29, 0.717) is 24.4 Å². The zero-order valence-corrected chi connectivity index (χ0v) is 17.5. The third kappa shape index (κ3) is 5.39. The summed E-state index contributed by atoms with van der Waals surface area (Å²) in [5.41, 5.74) is 2.28. The van der Waals surface area contributed by atoms with E-state index in [0.717, 1.165) is 11.1 Å². The minimum absolute atomic E-state index is 0.157. The second kappa shape index (κ2) is 10.2. The molecule has 0 bridgehead atoms. The number of nitrogens with zero attached hydrogens (tertiary/aromatic N) is 1. The van der Waals surface area contributed by atoms with Crippen molar-refractivity contribution in [3.63, 3.8) is 0 Å². The molecule has 0 saturated heterocycles. The maximum atomic E-state index is 12.8. The van der Waals surface area contributed by atoms with Crippen LogP contribution in [-0.2, 0) is 6.54 Å². The summed E-state index contributed by atoms with van der Waals surface area (Å²) in [5.74, 6) is 0.343. The number of nitro benzene ring substituents is 1. The first kappa shape index (κ1) is 21.8. The third-order valence-corrected chi connectivity index (χ3v) is 5.03. The molecule has 1 amide bonds. The van der Waals surface area contributed by atoms with E-state index in [1.54, 1.807) is 19.2 Å². The maximum Gasteiger partial charge on any atom is 0.293 e. The Bertz CT molecular complexity index is 1050. The minimum Gasteiger partial charge on any atom is -0.496 e. The van der Waals surface area contributed by atoms with Crippen LogP contribution in [0, 0.1) is 10.1 Å². The predicted octanol–water partition coefficient (Wildman–Crippen LogP) is 5.10. The topological polar surface area (TPSA) is 93.5 Å². The first-order valence-corrected chi connectivity index (χ1v) is 10.0. The number of benzene rings is 3. The van der Waals surface area contributed by atoms with Gasteiger partial charge in [-0.2, -0.15) is 0 Å². The molecule has 0 spiro atoms. The van der Waals surface area contributed by atoms with Crippen LogP contribution in [0.25, 0.3) is 0 Å². The number of hydrogen-bond donors (Lipinski definition) is 2. The molecule has 2 N–H and O–H groups in total. The van der Waals surface area contributed by atoms with Crippen molar-refractivity contribution in [3.05, 3.63) is 99.6 Å². The summed E-state index contributed by atoms with van der Waals surface area (Å²) in [6, 6.07) is 21.4. The van der Waals surface area contributed by atoms with Crippen molar-refractivity contribution in [1.29, 1.82) is 0 Å². The molecule has 160 valence electrons. The Kier molecular flexibility index (Phi) is 7.22. The SMILES string of the molecule is CCC(NC(=O)c1ccc(NCc2ccccc2OC)c([N+](=O)[O-])c1)c1ccccc1. The Morgan fingerprint density at radius 1 is 1.06 bits per heavy atom. The van der Waals surface area contributed by atoms with Crippen LogP contribution in [0.1, 0.15) is 40.9 Å². The second-order valence-electron chi connectivity index (χ2n) is 7.00. The molecule has 0 aliphatic carbocycles.